The van der Waals surface area contributed by atoms with E-state index in [1.54, 1.807) is 6.92 Å². The fourth-order valence-electron chi connectivity index (χ4n) is 0.219. The van der Waals surface area contributed by atoms with Crippen LogP contribution in [0.25, 0.3) is 0 Å². The minimum absolute atomic E-state index is 0.349. The van der Waals surface area contributed by atoms with Gasteiger partial charge in [-0.05, 0) is 6.92 Å². The molecule has 0 aromatic heterocycles. The molecule has 0 spiro atoms. The molecule has 0 amide bonds. The van der Waals surface area contributed by atoms with Gasteiger partial charge in [0.15, 0.2) is 0 Å². The summed E-state index contributed by atoms with van der Waals surface area (Å²) in [5.74, 6) is -0.512. The van der Waals surface area contributed by atoms with Gasteiger partial charge in [0.2, 0.25) is 0 Å². The Morgan fingerprint density at radius 1 is 2.00 bits per heavy atom. The molecule has 0 aromatic rings. The number of rotatable bonds is 2. The first-order chi connectivity index (χ1) is 3.81. The van der Waals surface area contributed by atoms with Crippen LogP contribution in [-0.4, -0.2) is 18.8 Å². The van der Waals surface area contributed by atoms with Crippen LogP contribution in [0.1, 0.15) is 6.92 Å². The minimum Gasteiger partial charge on any atom is -0.462 e. The van der Waals surface area contributed by atoms with Crippen LogP contribution in [0.4, 0.5) is 0 Å². The van der Waals surface area contributed by atoms with Crippen molar-refractivity contribution in [1.82, 2.24) is 0 Å². The van der Waals surface area contributed by atoms with E-state index in [0.717, 1.165) is 6.21 Å². The first kappa shape index (κ1) is 7.43. The van der Waals surface area contributed by atoms with E-state index in [1.807, 2.05) is 0 Å². The van der Waals surface area contributed by atoms with Crippen LogP contribution in [0.5, 0.6) is 0 Å². The Hall–Kier alpha value is -0.570. The highest BCUT2D eigenvalue weighted by Gasteiger charge is 1.90. The number of halogens is 1. The predicted molar refractivity (Wildman–Crippen MR) is 31.0 cm³/mol. The molecular formula is C4H6ClNO2. The second-order valence-corrected chi connectivity index (χ2v) is 1.17. The molecule has 8 heavy (non-hydrogen) atoms. The number of esters is 1. The van der Waals surface area contributed by atoms with Crippen molar-refractivity contribution in [3.8, 4) is 0 Å². The van der Waals surface area contributed by atoms with Gasteiger partial charge in [-0.25, -0.2) is 4.79 Å². The molecule has 4 heteroatoms. The lowest BCUT2D eigenvalue weighted by molar-refractivity contribution is -0.134. The second kappa shape index (κ2) is 4.59. The summed E-state index contributed by atoms with van der Waals surface area (Å²) in [7, 11) is 0. The van der Waals surface area contributed by atoms with Gasteiger partial charge in [-0.15, -0.1) is 0 Å². The number of hydrogen-bond donors (Lipinski definition) is 0. The van der Waals surface area contributed by atoms with Gasteiger partial charge in [0.25, 0.3) is 0 Å². The molecule has 0 aromatic carbocycles. The van der Waals surface area contributed by atoms with Gasteiger partial charge in [0, 0.05) is 11.8 Å². The van der Waals surface area contributed by atoms with Gasteiger partial charge in [-0.2, -0.15) is 4.51 Å². The van der Waals surface area contributed by atoms with E-state index in [9.17, 15) is 4.79 Å². The summed E-state index contributed by atoms with van der Waals surface area (Å²) >= 11 is 4.80. The monoisotopic (exact) mass is 135 g/mol. The smallest absolute Gasteiger partial charge is 0.350 e. The van der Waals surface area contributed by atoms with Crippen LogP contribution < -0.4 is 0 Å². The molecule has 0 aliphatic rings. The summed E-state index contributed by atoms with van der Waals surface area (Å²) in [6, 6.07) is 0. The standard InChI is InChI=1S/C4H6ClNO2/c1-2-8-4(7)3-6-5/h3H,2H2,1H3. The maximum Gasteiger partial charge on any atom is 0.350 e. The van der Waals surface area contributed by atoms with Crippen LogP contribution in [0.2, 0.25) is 0 Å². The number of ether oxygens (including phenoxy) is 1. The Bertz CT molecular complexity index is 102. The molecule has 0 radical (unpaired) electrons. The molecule has 0 aliphatic carbocycles. The number of hydrogen-bond acceptors (Lipinski definition) is 3. The van der Waals surface area contributed by atoms with Crippen molar-refractivity contribution in [2.45, 2.75) is 6.92 Å². The first-order valence-electron chi connectivity index (χ1n) is 2.12. The summed E-state index contributed by atoms with van der Waals surface area (Å²) in [5.41, 5.74) is 0. The highest BCUT2D eigenvalue weighted by atomic mass is 35.5. The lowest BCUT2D eigenvalue weighted by Crippen LogP contribution is -2.03. The average molecular weight is 136 g/mol. The van der Waals surface area contributed by atoms with E-state index in [4.69, 9.17) is 11.8 Å². The molecule has 0 aliphatic heterocycles. The third-order valence-corrected chi connectivity index (χ3v) is 0.538. The van der Waals surface area contributed by atoms with E-state index in [2.05, 4.69) is 9.25 Å². The van der Waals surface area contributed by atoms with E-state index in [0.29, 0.717) is 6.61 Å². The van der Waals surface area contributed by atoms with Gasteiger partial charge >= 0.3 is 5.97 Å². The second-order valence-electron chi connectivity index (χ2n) is 0.979. The summed E-state index contributed by atoms with van der Waals surface area (Å²) < 4.78 is 7.34. The molecule has 46 valence electrons. The molecule has 0 unspecified atom stereocenters. The summed E-state index contributed by atoms with van der Waals surface area (Å²) in [5, 5.41) is 0. The lowest BCUT2D eigenvalue weighted by atomic mass is 10.7. The molecular weight excluding hydrogens is 130 g/mol. The molecule has 0 rings (SSSR count). The zero-order valence-corrected chi connectivity index (χ0v) is 5.18. The molecule has 0 saturated heterocycles. The largest absolute Gasteiger partial charge is 0.462 e. The summed E-state index contributed by atoms with van der Waals surface area (Å²) in [4.78, 5) is 10.2. The third-order valence-electron chi connectivity index (χ3n) is 0.441. The molecule has 3 nitrogen and oxygen atoms in total. The Balaban J connectivity index is 3.33. The lowest BCUT2D eigenvalue weighted by Gasteiger charge is -1.90. The van der Waals surface area contributed by atoms with Crippen LogP contribution >= 0.6 is 11.8 Å². The maximum absolute atomic E-state index is 10.2. The fraction of sp³-hybridized carbons (Fsp3) is 0.500. The first-order valence-corrected chi connectivity index (χ1v) is 2.46. The van der Waals surface area contributed by atoms with Crippen LogP contribution in [0.3, 0.4) is 0 Å². The van der Waals surface area contributed by atoms with Crippen LogP contribution in [-0.2, 0) is 9.53 Å². The van der Waals surface area contributed by atoms with Crippen molar-refractivity contribution in [3.63, 3.8) is 0 Å². The molecule has 0 fully saturated rings. The van der Waals surface area contributed by atoms with Crippen molar-refractivity contribution in [2.75, 3.05) is 6.61 Å². The molecule has 0 N–H and O–H groups in total. The minimum atomic E-state index is -0.512. The predicted octanol–water partition coefficient (Wildman–Crippen LogP) is 0.774. The molecule has 0 bridgehead atoms. The average Bonchev–Trinajstić information content (AvgIpc) is 1.68. The van der Waals surface area contributed by atoms with Gasteiger partial charge in [-0.1, -0.05) is 0 Å². The SMILES string of the molecule is CCOC(=O)C=NCl. The van der Waals surface area contributed by atoms with Crippen molar-refractivity contribution >= 4 is 24.0 Å². The van der Waals surface area contributed by atoms with Crippen molar-refractivity contribution in [3.05, 3.63) is 0 Å². The van der Waals surface area contributed by atoms with E-state index in [1.165, 1.54) is 0 Å². The topological polar surface area (TPSA) is 38.7 Å². The van der Waals surface area contributed by atoms with E-state index in [-0.39, 0.29) is 0 Å². The molecule has 0 saturated carbocycles. The van der Waals surface area contributed by atoms with Gasteiger partial charge in [0.1, 0.15) is 6.21 Å². The quantitative estimate of drug-likeness (QED) is 0.415. The number of carbonyl (C=O) groups excluding carboxylic acids is 1. The fourth-order valence-corrected chi connectivity index (χ4v) is 0.299. The van der Waals surface area contributed by atoms with Crippen molar-refractivity contribution in [1.29, 1.82) is 0 Å². The Labute approximate surface area is 52.4 Å². The Morgan fingerprint density at radius 3 is 3.00 bits per heavy atom. The van der Waals surface area contributed by atoms with E-state index >= 15 is 0 Å². The van der Waals surface area contributed by atoms with Crippen LogP contribution in [0.15, 0.2) is 4.51 Å². The van der Waals surface area contributed by atoms with Gasteiger partial charge < -0.3 is 4.74 Å². The third kappa shape index (κ3) is 3.61. The maximum atomic E-state index is 10.2. The molecule has 0 atom stereocenters. The number of carbonyl (C=O) groups is 1. The summed E-state index contributed by atoms with van der Waals surface area (Å²) in [6.07, 6.45) is 0.908. The van der Waals surface area contributed by atoms with Gasteiger partial charge in [-0.3, -0.25) is 0 Å². The van der Waals surface area contributed by atoms with Gasteiger partial charge in [0.05, 0.1) is 6.61 Å². The highest BCUT2D eigenvalue weighted by molar-refractivity contribution is 6.30. The zero-order chi connectivity index (χ0) is 6.41. The summed E-state index contributed by atoms with van der Waals surface area (Å²) in [6.45, 7) is 2.06. The van der Waals surface area contributed by atoms with Crippen molar-refractivity contribution < 1.29 is 9.53 Å². The number of nitrogens with zero attached hydrogens (tertiary/aromatic N) is 1. The normalized spacial score (nSPS) is 9.75. The highest BCUT2D eigenvalue weighted by Crippen LogP contribution is 1.75. The Kier molecular flexibility index (Phi) is 4.26. The van der Waals surface area contributed by atoms with Crippen LogP contribution in [0, 0.1) is 0 Å². The molecule has 0 heterocycles. The Morgan fingerprint density at radius 2 is 2.62 bits per heavy atom. The van der Waals surface area contributed by atoms with E-state index < -0.39 is 5.97 Å². The zero-order valence-electron chi connectivity index (χ0n) is 4.43. The van der Waals surface area contributed by atoms with Crippen molar-refractivity contribution in [2.24, 2.45) is 4.51 Å².